The Balaban J connectivity index is 1.48. The molecule has 2 aromatic heterocycles. The van der Waals surface area contributed by atoms with Gasteiger partial charge in [-0.3, -0.25) is 0 Å². The molecule has 124 valence electrons. The summed E-state index contributed by atoms with van der Waals surface area (Å²) in [7, 11) is 1.64. The molecule has 0 N–H and O–H groups in total. The fraction of sp³-hybridized carbons (Fsp3) is 0.353. The third-order valence-corrected chi connectivity index (χ3v) is 4.14. The molecule has 3 aromatic rings. The van der Waals surface area contributed by atoms with Gasteiger partial charge in [-0.2, -0.15) is 0 Å². The third-order valence-electron chi connectivity index (χ3n) is 4.14. The lowest BCUT2D eigenvalue weighted by atomic mass is 10.1. The highest BCUT2D eigenvalue weighted by Crippen LogP contribution is 2.25. The van der Waals surface area contributed by atoms with Crippen LogP contribution in [0.4, 0.5) is 0 Å². The van der Waals surface area contributed by atoms with Crippen molar-refractivity contribution in [3.8, 4) is 17.1 Å². The first-order valence-corrected chi connectivity index (χ1v) is 7.89. The maximum atomic E-state index is 5.44. The number of ether oxygens (including phenoxy) is 2. The van der Waals surface area contributed by atoms with Crippen LogP contribution in [-0.4, -0.2) is 40.5 Å². The highest BCUT2D eigenvalue weighted by molar-refractivity contribution is 5.59. The van der Waals surface area contributed by atoms with Crippen molar-refractivity contribution in [1.82, 2.24) is 20.2 Å². The van der Waals surface area contributed by atoms with Crippen molar-refractivity contribution >= 4 is 0 Å². The summed E-state index contributed by atoms with van der Waals surface area (Å²) in [6.45, 7) is 2.04. The smallest absolute Gasteiger partial charge is 0.167 e. The summed E-state index contributed by atoms with van der Waals surface area (Å²) in [5.74, 6) is 1.84. The van der Waals surface area contributed by atoms with Gasteiger partial charge >= 0.3 is 0 Å². The Labute approximate surface area is 139 Å². The van der Waals surface area contributed by atoms with Crippen molar-refractivity contribution in [3.05, 3.63) is 47.9 Å². The molecule has 7 nitrogen and oxygen atoms in total. The number of methoxy groups -OCH3 is 1. The predicted molar refractivity (Wildman–Crippen MR) is 85.8 cm³/mol. The maximum absolute atomic E-state index is 5.44. The summed E-state index contributed by atoms with van der Waals surface area (Å²) in [5, 5.41) is 12.5. The molecular formula is C17H18N4O3. The topological polar surface area (TPSA) is 75.2 Å². The Hall–Kier alpha value is -2.67. The monoisotopic (exact) mass is 326 g/mol. The first-order valence-electron chi connectivity index (χ1n) is 7.89. The zero-order valence-corrected chi connectivity index (χ0v) is 13.4. The van der Waals surface area contributed by atoms with Crippen LogP contribution in [0.3, 0.4) is 0 Å². The largest absolute Gasteiger partial charge is 0.497 e. The van der Waals surface area contributed by atoms with Crippen LogP contribution in [0.5, 0.6) is 5.75 Å². The fourth-order valence-electron chi connectivity index (χ4n) is 2.81. The molecule has 0 unspecified atom stereocenters. The highest BCUT2D eigenvalue weighted by atomic mass is 16.5. The van der Waals surface area contributed by atoms with E-state index < -0.39 is 0 Å². The molecule has 0 aliphatic carbocycles. The van der Waals surface area contributed by atoms with Crippen LogP contribution >= 0.6 is 0 Å². The summed E-state index contributed by atoms with van der Waals surface area (Å²) in [6.07, 6.45) is 2.96. The quantitative estimate of drug-likeness (QED) is 0.717. The van der Waals surface area contributed by atoms with Gasteiger partial charge in [-0.25, -0.2) is 4.68 Å². The van der Waals surface area contributed by atoms with E-state index in [2.05, 4.69) is 15.5 Å². The van der Waals surface area contributed by atoms with Gasteiger partial charge in [0.15, 0.2) is 5.76 Å². The van der Waals surface area contributed by atoms with E-state index in [0.717, 1.165) is 42.3 Å². The predicted octanol–water partition coefficient (Wildman–Crippen LogP) is 2.49. The maximum Gasteiger partial charge on any atom is 0.167 e. The van der Waals surface area contributed by atoms with Crippen molar-refractivity contribution in [2.75, 3.05) is 20.3 Å². The van der Waals surface area contributed by atoms with Crippen molar-refractivity contribution in [2.45, 2.75) is 18.9 Å². The SMILES string of the molecule is COc1cccc(-c2cc(Cn3cc([C@@H]4CCOC4)nn3)no2)c1. The Kier molecular flexibility index (Phi) is 4.00. The second-order valence-corrected chi connectivity index (χ2v) is 5.82. The van der Waals surface area contributed by atoms with E-state index in [4.69, 9.17) is 14.0 Å². The molecule has 1 atom stereocenters. The van der Waals surface area contributed by atoms with Crippen molar-refractivity contribution < 1.29 is 14.0 Å². The number of hydrogen-bond donors (Lipinski definition) is 0. The molecule has 0 bridgehead atoms. The van der Waals surface area contributed by atoms with E-state index in [9.17, 15) is 0 Å². The second-order valence-electron chi connectivity index (χ2n) is 5.82. The second kappa shape index (κ2) is 6.45. The molecule has 3 heterocycles. The van der Waals surface area contributed by atoms with Crippen molar-refractivity contribution in [1.29, 1.82) is 0 Å². The fourth-order valence-corrected chi connectivity index (χ4v) is 2.81. The van der Waals surface area contributed by atoms with Crippen LogP contribution in [0.2, 0.25) is 0 Å². The number of hydrogen-bond acceptors (Lipinski definition) is 6. The first-order chi connectivity index (χ1) is 11.8. The molecule has 24 heavy (non-hydrogen) atoms. The Bertz CT molecular complexity index is 821. The molecule has 1 aliphatic rings. The standard InChI is InChI=1S/C17H18N4O3/c1-22-15-4-2-3-12(7-15)17-8-14(19-24-17)9-21-10-16(18-20-21)13-5-6-23-11-13/h2-4,7-8,10,13H,5-6,9,11H2,1H3/t13-/m1/s1. The molecular weight excluding hydrogens is 308 g/mol. The van der Waals surface area contributed by atoms with E-state index in [1.165, 1.54) is 0 Å². The third kappa shape index (κ3) is 3.03. The molecule has 0 saturated carbocycles. The molecule has 1 fully saturated rings. The number of aromatic nitrogens is 4. The van der Waals surface area contributed by atoms with E-state index in [1.807, 2.05) is 36.5 Å². The zero-order chi connectivity index (χ0) is 16.4. The molecule has 1 aromatic carbocycles. The van der Waals surface area contributed by atoms with Crippen LogP contribution in [0.1, 0.15) is 23.7 Å². The average molecular weight is 326 g/mol. The Morgan fingerprint density at radius 1 is 1.33 bits per heavy atom. The van der Waals surface area contributed by atoms with Gasteiger partial charge in [0.1, 0.15) is 11.4 Å². The van der Waals surface area contributed by atoms with Crippen LogP contribution < -0.4 is 4.74 Å². The summed E-state index contributed by atoms with van der Waals surface area (Å²) < 4.78 is 17.9. The minimum atomic E-state index is 0.350. The van der Waals surface area contributed by atoms with Gasteiger partial charge < -0.3 is 14.0 Å². The van der Waals surface area contributed by atoms with Gasteiger partial charge in [0, 0.05) is 30.4 Å². The molecule has 4 rings (SSSR count). The molecule has 0 spiro atoms. The van der Waals surface area contributed by atoms with E-state index in [-0.39, 0.29) is 0 Å². The lowest BCUT2D eigenvalue weighted by molar-refractivity contribution is 0.193. The highest BCUT2D eigenvalue weighted by Gasteiger charge is 2.21. The normalized spacial score (nSPS) is 17.3. The van der Waals surface area contributed by atoms with Gasteiger partial charge in [-0.15, -0.1) is 5.10 Å². The minimum absolute atomic E-state index is 0.350. The summed E-state index contributed by atoms with van der Waals surface area (Å²) in [4.78, 5) is 0. The lowest BCUT2D eigenvalue weighted by Gasteiger charge is -2.00. The zero-order valence-electron chi connectivity index (χ0n) is 13.4. The van der Waals surface area contributed by atoms with Crippen LogP contribution in [-0.2, 0) is 11.3 Å². The number of benzene rings is 1. The van der Waals surface area contributed by atoms with Gasteiger partial charge in [0.05, 0.1) is 26.0 Å². The van der Waals surface area contributed by atoms with Crippen LogP contribution in [0, 0.1) is 0 Å². The summed E-state index contributed by atoms with van der Waals surface area (Å²) in [5.41, 5.74) is 2.70. The summed E-state index contributed by atoms with van der Waals surface area (Å²) in [6, 6.07) is 9.60. The van der Waals surface area contributed by atoms with E-state index >= 15 is 0 Å². The number of rotatable bonds is 5. The van der Waals surface area contributed by atoms with Crippen molar-refractivity contribution in [3.63, 3.8) is 0 Å². The lowest BCUT2D eigenvalue weighted by Crippen LogP contribution is -2.00. The first kappa shape index (κ1) is 14.9. The van der Waals surface area contributed by atoms with Gasteiger partial charge in [0.25, 0.3) is 0 Å². The molecule has 0 amide bonds. The van der Waals surface area contributed by atoms with Crippen molar-refractivity contribution in [2.24, 2.45) is 0 Å². The van der Waals surface area contributed by atoms with Gasteiger partial charge in [-0.05, 0) is 18.6 Å². The Morgan fingerprint density at radius 2 is 2.29 bits per heavy atom. The van der Waals surface area contributed by atoms with Gasteiger partial charge in [-0.1, -0.05) is 22.5 Å². The van der Waals surface area contributed by atoms with Gasteiger partial charge in [0.2, 0.25) is 0 Å². The molecule has 7 heteroatoms. The van der Waals surface area contributed by atoms with Crippen LogP contribution in [0.15, 0.2) is 41.1 Å². The number of nitrogens with zero attached hydrogens (tertiary/aromatic N) is 4. The molecule has 0 radical (unpaired) electrons. The van der Waals surface area contributed by atoms with E-state index in [0.29, 0.717) is 18.2 Å². The average Bonchev–Trinajstić information content (AvgIpc) is 3.36. The summed E-state index contributed by atoms with van der Waals surface area (Å²) >= 11 is 0. The van der Waals surface area contributed by atoms with E-state index in [1.54, 1.807) is 11.8 Å². The Morgan fingerprint density at radius 3 is 3.12 bits per heavy atom. The minimum Gasteiger partial charge on any atom is -0.497 e. The van der Waals surface area contributed by atoms with Crippen LogP contribution in [0.25, 0.3) is 11.3 Å². The molecule has 1 aliphatic heterocycles. The molecule has 1 saturated heterocycles.